The Morgan fingerprint density at radius 2 is 1.57 bits per heavy atom. The van der Waals surface area contributed by atoms with E-state index in [0.717, 1.165) is 41.5 Å². The van der Waals surface area contributed by atoms with E-state index >= 15 is 0 Å². The van der Waals surface area contributed by atoms with Crippen molar-refractivity contribution in [3.63, 3.8) is 0 Å². The van der Waals surface area contributed by atoms with Crippen molar-refractivity contribution in [3.8, 4) is 5.75 Å². The van der Waals surface area contributed by atoms with Gasteiger partial charge in [0, 0.05) is 19.0 Å². The highest BCUT2D eigenvalue weighted by Gasteiger charge is 2.39. The molecule has 0 fully saturated rings. The molecule has 0 aromatic heterocycles. The Labute approximate surface area is 239 Å². The van der Waals surface area contributed by atoms with Gasteiger partial charge >= 0.3 is 6.09 Å². The summed E-state index contributed by atoms with van der Waals surface area (Å²) in [4.78, 5) is 42.7. The maximum absolute atomic E-state index is 14.4. The fourth-order valence-electron chi connectivity index (χ4n) is 4.72. The van der Waals surface area contributed by atoms with E-state index in [9.17, 15) is 19.5 Å². The number of aromatic hydroxyl groups is 1. The first-order chi connectivity index (χ1) is 18.7. The third kappa shape index (κ3) is 9.57. The molecule has 0 bridgehead atoms. The monoisotopic (exact) mass is 553 g/mol. The van der Waals surface area contributed by atoms with Crippen molar-refractivity contribution in [1.82, 2.24) is 15.5 Å². The Balaban J connectivity index is 2.56. The SMILES string of the molecule is CCCCCNC(=O)C(c1c(C)cccc1C)N(C(=O)C(Cc1ccc(O)cc1)NC(=O)OC(C)(C)C)C(C)C. The molecule has 220 valence electrons. The van der Waals surface area contributed by atoms with Gasteiger partial charge in [0.15, 0.2) is 0 Å². The number of phenolic OH excluding ortho intramolecular Hbond substituents is 1. The molecule has 0 heterocycles. The van der Waals surface area contributed by atoms with E-state index in [1.807, 2.05) is 45.9 Å². The van der Waals surface area contributed by atoms with Gasteiger partial charge in [-0.2, -0.15) is 0 Å². The molecule has 0 aliphatic rings. The molecule has 3 amide bonds. The third-order valence-corrected chi connectivity index (χ3v) is 6.60. The Hall–Kier alpha value is -3.55. The van der Waals surface area contributed by atoms with Gasteiger partial charge in [-0.1, -0.05) is 50.1 Å². The Morgan fingerprint density at radius 3 is 2.10 bits per heavy atom. The molecular weight excluding hydrogens is 506 g/mol. The highest BCUT2D eigenvalue weighted by Crippen LogP contribution is 2.30. The minimum Gasteiger partial charge on any atom is -0.508 e. The van der Waals surface area contributed by atoms with Crippen LogP contribution in [0.3, 0.4) is 0 Å². The van der Waals surface area contributed by atoms with Crippen LogP contribution in [0, 0.1) is 13.8 Å². The third-order valence-electron chi connectivity index (χ3n) is 6.60. The van der Waals surface area contributed by atoms with Gasteiger partial charge in [-0.05, 0) is 89.3 Å². The van der Waals surface area contributed by atoms with Gasteiger partial charge in [-0.3, -0.25) is 9.59 Å². The molecule has 8 heteroatoms. The number of carbonyl (C=O) groups is 3. The number of aryl methyl sites for hydroxylation is 2. The van der Waals surface area contributed by atoms with Gasteiger partial charge in [0.05, 0.1) is 0 Å². The highest BCUT2D eigenvalue weighted by atomic mass is 16.6. The molecule has 0 saturated heterocycles. The van der Waals surface area contributed by atoms with Gasteiger partial charge in [-0.25, -0.2) is 4.79 Å². The van der Waals surface area contributed by atoms with E-state index in [1.165, 1.54) is 12.1 Å². The molecule has 8 nitrogen and oxygen atoms in total. The summed E-state index contributed by atoms with van der Waals surface area (Å²) in [5, 5.41) is 15.6. The van der Waals surface area contributed by atoms with Crippen LogP contribution in [0.25, 0.3) is 0 Å². The smallest absolute Gasteiger partial charge is 0.408 e. The first kappa shape index (κ1) is 32.7. The van der Waals surface area contributed by atoms with Crippen LogP contribution >= 0.6 is 0 Å². The average Bonchev–Trinajstić information content (AvgIpc) is 2.85. The number of benzene rings is 2. The number of phenols is 1. The zero-order valence-corrected chi connectivity index (χ0v) is 25.3. The Morgan fingerprint density at radius 1 is 0.975 bits per heavy atom. The Kier molecular flexibility index (Phi) is 12.0. The average molecular weight is 554 g/mol. The lowest BCUT2D eigenvalue weighted by molar-refractivity contribution is -0.144. The van der Waals surface area contributed by atoms with E-state index in [0.29, 0.717) is 6.54 Å². The normalized spacial score (nSPS) is 12.9. The molecule has 0 spiro atoms. The number of unbranched alkanes of at least 4 members (excludes halogenated alkanes) is 2. The molecule has 2 aromatic rings. The largest absolute Gasteiger partial charge is 0.508 e. The van der Waals surface area contributed by atoms with Crippen LogP contribution in [0.1, 0.15) is 89.1 Å². The molecular formula is C32H47N3O5. The number of nitrogens with one attached hydrogen (secondary N) is 2. The van der Waals surface area contributed by atoms with Crippen molar-refractivity contribution in [1.29, 1.82) is 0 Å². The summed E-state index contributed by atoms with van der Waals surface area (Å²) in [6.45, 7) is 15.5. The van der Waals surface area contributed by atoms with Crippen molar-refractivity contribution < 1.29 is 24.2 Å². The lowest BCUT2D eigenvalue weighted by Crippen LogP contribution is -2.56. The number of nitrogens with zero attached hydrogens (tertiary/aromatic N) is 1. The summed E-state index contributed by atoms with van der Waals surface area (Å²) >= 11 is 0. The van der Waals surface area contributed by atoms with Crippen LogP contribution in [0.2, 0.25) is 0 Å². The van der Waals surface area contributed by atoms with Crippen LogP contribution in [0.15, 0.2) is 42.5 Å². The molecule has 2 rings (SSSR count). The molecule has 2 atom stereocenters. The maximum atomic E-state index is 14.4. The van der Waals surface area contributed by atoms with Crippen molar-refractivity contribution in [2.45, 2.75) is 105 Å². The fourth-order valence-corrected chi connectivity index (χ4v) is 4.72. The van der Waals surface area contributed by atoms with Crippen LogP contribution in [0.5, 0.6) is 5.75 Å². The van der Waals surface area contributed by atoms with Crippen LogP contribution < -0.4 is 10.6 Å². The predicted molar refractivity (Wildman–Crippen MR) is 158 cm³/mol. The zero-order valence-electron chi connectivity index (χ0n) is 25.3. The van der Waals surface area contributed by atoms with Gasteiger partial charge < -0.3 is 25.4 Å². The minimum absolute atomic E-state index is 0.102. The summed E-state index contributed by atoms with van der Waals surface area (Å²) < 4.78 is 5.48. The molecule has 0 aliphatic heterocycles. The second-order valence-corrected chi connectivity index (χ2v) is 11.6. The topological polar surface area (TPSA) is 108 Å². The molecule has 3 N–H and O–H groups in total. The van der Waals surface area contributed by atoms with E-state index < -0.39 is 29.7 Å². The molecule has 40 heavy (non-hydrogen) atoms. The van der Waals surface area contributed by atoms with Crippen molar-refractivity contribution >= 4 is 17.9 Å². The molecule has 2 unspecified atom stereocenters. The molecule has 0 radical (unpaired) electrons. The highest BCUT2D eigenvalue weighted by molar-refractivity contribution is 5.93. The summed E-state index contributed by atoms with van der Waals surface area (Å²) in [5.74, 6) is -0.549. The van der Waals surface area contributed by atoms with E-state index in [-0.39, 0.29) is 24.1 Å². The van der Waals surface area contributed by atoms with Crippen molar-refractivity contribution in [3.05, 3.63) is 64.7 Å². The second-order valence-electron chi connectivity index (χ2n) is 11.6. The molecule has 0 aliphatic carbocycles. The summed E-state index contributed by atoms with van der Waals surface area (Å²) in [6.07, 6.45) is 2.30. The van der Waals surface area contributed by atoms with Crippen molar-refractivity contribution in [2.24, 2.45) is 0 Å². The minimum atomic E-state index is -1.01. The first-order valence-electron chi connectivity index (χ1n) is 14.2. The number of ether oxygens (including phenoxy) is 1. The number of rotatable bonds is 12. The van der Waals surface area contributed by atoms with Gasteiger partial charge in [0.25, 0.3) is 0 Å². The maximum Gasteiger partial charge on any atom is 0.408 e. The van der Waals surface area contributed by atoms with Crippen LogP contribution in [-0.4, -0.2) is 52.1 Å². The molecule has 0 saturated carbocycles. The van der Waals surface area contributed by atoms with Gasteiger partial charge in [0.2, 0.25) is 11.8 Å². The summed E-state index contributed by atoms with van der Waals surface area (Å²) in [6, 6.07) is 10.0. The number of amides is 3. The Bertz CT molecular complexity index is 1120. The van der Waals surface area contributed by atoms with Crippen LogP contribution in [0.4, 0.5) is 4.79 Å². The lowest BCUT2D eigenvalue weighted by Gasteiger charge is -2.38. The number of hydrogen-bond donors (Lipinski definition) is 3. The number of carbonyl (C=O) groups excluding carboxylic acids is 3. The predicted octanol–water partition coefficient (Wildman–Crippen LogP) is 5.73. The van der Waals surface area contributed by atoms with Crippen molar-refractivity contribution in [2.75, 3.05) is 6.54 Å². The summed E-state index contributed by atoms with van der Waals surface area (Å²) in [5.41, 5.74) is 2.57. The summed E-state index contributed by atoms with van der Waals surface area (Å²) in [7, 11) is 0. The zero-order chi connectivity index (χ0) is 30.0. The van der Waals surface area contributed by atoms with Crippen LogP contribution in [-0.2, 0) is 20.7 Å². The standard InChI is InChI=1S/C32H47N3O5/c1-9-10-11-19-33-29(37)28(27-22(4)13-12-14-23(27)5)35(21(2)3)30(38)26(34-31(39)40-32(6,7)8)20-24-15-17-25(36)18-16-24/h12-18,21,26,28,36H,9-11,19-20H2,1-8H3,(H,33,37)(H,34,39). The number of alkyl carbamates (subject to hydrolysis) is 1. The molecule has 2 aromatic carbocycles. The quantitative estimate of drug-likeness (QED) is 0.291. The van der Waals surface area contributed by atoms with E-state index in [2.05, 4.69) is 17.6 Å². The second kappa shape index (κ2) is 14.7. The van der Waals surface area contributed by atoms with E-state index in [1.54, 1.807) is 37.8 Å². The van der Waals surface area contributed by atoms with Gasteiger partial charge in [-0.15, -0.1) is 0 Å². The van der Waals surface area contributed by atoms with E-state index in [4.69, 9.17) is 4.74 Å². The lowest BCUT2D eigenvalue weighted by atomic mass is 9.92. The first-order valence-corrected chi connectivity index (χ1v) is 14.2. The van der Waals surface area contributed by atoms with Gasteiger partial charge in [0.1, 0.15) is 23.4 Å². The number of hydrogen-bond acceptors (Lipinski definition) is 5. The fraction of sp³-hybridized carbons (Fsp3) is 0.531.